The molecule has 2 fully saturated rings. The third-order valence-corrected chi connectivity index (χ3v) is 9.15. The van der Waals surface area contributed by atoms with E-state index in [1.165, 1.54) is 0 Å². The van der Waals surface area contributed by atoms with Gasteiger partial charge in [0.05, 0.1) is 22.2 Å². The van der Waals surface area contributed by atoms with E-state index < -0.39 is 22.3 Å². The van der Waals surface area contributed by atoms with Gasteiger partial charge < -0.3 is 30.6 Å². The van der Waals surface area contributed by atoms with Crippen molar-refractivity contribution in [3.05, 3.63) is 95.1 Å². The molecule has 0 spiro atoms. The molecule has 0 amide bonds. The maximum absolute atomic E-state index is 11.5. The van der Waals surface area contributed by atoms with Gasteiger partial charge in [-0.1, -0.05) is 48.5 Å². The highest BCUT2D eigenvalue weighted by Crippen LogP contribution is 2.59. The lowest BCUT2D eigenvalue weighted by Crippen LogP contribution is -2.51. The third kappa shape index (κ3) is 1.98. The van der Waals surface area contributed by atoms with Crippen molar-refractivity contribution in [3.8, 4) is 11.1 Å². The molecule has 4 bridgehead atoms. The molecule has 6 N–H and O–H groups in total. The number of aliphatic hydroxyl groups is 2. The Labute approximate surface area is 205 Å². The average molecular weight is 485 g/mol. The Balaban J connectivity index is 1.15. The maximum atomic E-state index is 11.5. The molecular weight excluding hydrogens is 460 g/mol. The summed E-state index contributed by atoms with van der Waals surface area (Å²) < 4.78 is 0. The molecule has 4 aliphatic rings. The van der Waals surface area contributed by atoms with Crippen LogP contribution in [0, 0.1) is 0 Å². The SMILES string of the molecule is ON1CCC2(c3ccc(-c4ccc(C56CCN(O)[C@@]5(O)c5ncc6[nH]5)cc4)cc3)c3cnc([nH]3)[C@]12O. The van der Waals surface area contributed by atoms with Crippen LogP contribution in [-0.2, 0) is 22.3 Å². The molecule has 8 rings (SSSR count). The molecular formula is C26H24N6O4. The van der Waals surface area contributed by atoms with E-state index in [2.05, 4.69) is 19.9 Å². The Morgan fingerprint density at radius 2 is 1.03 bits per heavy atom. The molecule has 36 heavy (non-hydrogen) atoms. The fourth-order valence-electron chi connectivity index (χ4n) is 7.28. The van der Waals surface area contributed by atoms with Crippen molar-refractivity contribution in [2.24, 2.45) is 0 Å². The number of fused-ring (bicyclic) bond motifs is 10. The Morgan fingerprint density at radius 1 is 0.639 bits per heavy atom. The fraction of sp³-hybridized carbons (Fsp3) is 0.308. The number of hydrogen-bond donors (Lipinski definition) is 6. The summed E-state index contributed by atoms with van der Waals surface area (Å²) in [6.07, 6.45) is 4.60. The van der Waals surface area contributed by atoms with Crippen LogP contribution < -0.4 is 0 Å². The first-order chi connectivity index (χ1) is 17.4. The molecule has 4 aliphatic heterocycles. The molecule has 2 unspecified atom stereocenters. The van der Waals surface area contributed by atoms with E-state index in [4.69, 9.17) is 0 Å². The van der Waals surface area contributed by atoms with E-state index in [0.29, 0.717) is 37.6 Å². The summed E-state index contributed by atoms with van der Waals surface area (Å²) in [7, 11) is 0. The lowest BCUT2D eigenvalue weighted by Gasteiger charge is -2.39. The molecule has 0 radical (unpaired) electrons. The highest BCUT2D eigenvalue weighted by molar-refractivity contribution is 5.66. The summed E-state index contributed by atoms with van der Waals surface area (Å²) in [5.74, 6) is 0.724. The number of H-pyrrole nitrogens is 2. The first kappa shape index (κ1) is 20.8. The second-order valence-electron chi connectivity index (χ2n) is 10.3. The van der Waals surface area contributed by atoms with Gasteiger partial charge in [-0.25, -0.2) is 9.97 Å². The second-order valence-corrected chi connectivity index (χ2v) is 10.3. The number of nitrogens with one attached hydrogen (secondary N) is 2. The molecule has 4 atom stereocenters. The van der Waals surface area contributed by atoms with Gasteiger partial charge in [-0.3, -0.25) is 0 Å². The summed E-state index contributed by atoms with van der Waals surface area (Å²) in [5.41, 5.74) is 0.671. The van der Waals surface area contributed by atoms with Crippen molar-refractivity contribution in [2.45, 2.75) is 35.1 Å². The normalized spacial score (nSPS) is 34.4. The number of benzene rings is 2. The van der Waals surface area contributed by atoms with Gasteiger partial charge in [-0.2, -0.15) is 10.1 Å². The molecule has 0 saturated carbocycles. The monoisotopic (exact) mass is 484 g/mol. The van der Waals surface area contributed by atoms with E-state index in [0.717, 1.165) is 43.8 Å². The highest BCUT2D eigenvalue weighted by atomic mass is 16.6. The lowest BCUT2D eigenvalue weighted by atomic mass is 9.69. The van der Waals surface area contributed by atoms with Crippen LogP contribution in [0.1, 0.15) is 47.0 Å². The van der Waals surface area contributed by atoms with Crippen LogP contribution in [0.4, 0.5) is 0 Å². The summed E-state index contributed by atoms with van der Waals surface area (Å²) in [6, 6.07) is 16.1. The molecule has 2 aromatic heterocycles. The minimum atomic E-state index is -1.59. The van der Waals surface area contributed by atoms with Gasteiger partial charge in [0.2, 0.25) is 11.4 Å². The number of rotatable bonds is 3. The van der Waals surface area contributed by atoms with Gasteiger partial charge in [-0.05, 0) is 35.1 Å². The van der Waals surface area contributed by atoms with Crippen LogP contribution in [-0.4, -0.2) is 63.8 Å². The predicted octanol–water partition coefficient (Wildman–Crippen LogP) is 1.88. The van der Waals surface area contributed by atoms with E-state index >= 15 is 0 Å². The van der Waals surface area contributed by atoms with Crippen molar-refractivity contribution >= 4 is 0 Å². The van der Waals surface area contributed by atoms with Gasteiger partial charge in [0.15, 0.2) is 11.6 Å². The van der Waals surface area contributed by atoms with Crippen molar-refractivity contribution in [1.29, 1.82) is 0 Å². The highest BCUT2D eigenvalue weighted by Gasteiger charge is 2.69. The number of aromatic amines is 2. The predicted molar refractivity (Wildman–Crippen MR) is 125 cm³/mol. The van der Waals surface area contributed by atoms with Crippen LogP contribution in [0.5, 0.6) is 0 Å². The minimum Gasteiger partial charge on any atom is -0.366 e. The van der Waals surface area contributed by atoms with Gasteiger partial charge in [0.1, 0.15) is 0 Å². The van der Waals surface area contributed by atoms with Crippen molar-refractivity contribution in [1.82, 2.24) is 30.1 Å². The van der Waals surface area contributed by atoms with E-state index in [1.54, 1.807) is 12.4 Å². The second kappa shape index (κ2) is 6.30. The largest absolute Gasteiger partial charge is 0.366 e. The average Bonchev–Trinajstić information content (AvgIpc) is 3.72. The Kier molecular flexibility index (Phi) is 3.63. The van der Waals surface area contributed by atoms with Crippen molar-refractivity contribution < 1.29 is 20.6 Å². The van der Waals surface area contributed by atoms with Gasteiger partial charge in [-0.15, -0.1) is 0 Å². The zero-order chi connectivity index (χ0) is 24.5. The molecule has 2 saturated heterocycles. The third-order valence-electron chi connectivity index (χ3n) is 9.15. The van der Waals surface area contributed by atoms with Crippen LogP contribution in [0.15, 0.2) is 60.9 Å². The summed E-state index contributed by atoms with van der Waals surface area (Å²) >= 11 is 0. The quantitative estimate of drug-likeness (QED) is 0.259. The molecule has 6 heterocycles. The van der Waals surface area contributed by atoms with Crippen LogP contribution in [0.3, 0.4) is 0 Å². The van der Waals surface area contributed by atoms with Gasteiger partial charge in [0, 0.05) is 25.5 Å². The van der Waals surface area contributed by atoms with Gasteiger partial charge >= 0.3 is 0 Å². The molecule has 10 heteroatoms. The standard InChI is InChI=1S/C26H24N6O4/c33-25-21-27-13-19(29-21)23(25,9-11-31(25)35)17-5-1-15(2-6-17)16-3-7-18(8-4-16)24-10-12-32(36)26(24,34)22-28-14-20(24)30-22/h1-8,13-14,33-36H,9-12H2,(H,27,29)(H,28,30)/t23?,24?,25-,26-/m1/s1. The zero-order valence-electron chi connectivity index (χ0n) is 19.2. The molecule has 4 aromatic rings. The molecule has 2 aromatic carbocycles. The molecule has 182 valence electrons. The molecule has 10 nitrogen and oxygen atoms in total. The summed E-state index contributed by atoms with van der Waals surface area (Å²) in [4.78, 5) is 14.8. The summed E-state index contributed by atoms with van der Waals surface area (Å²) in [6.45, 7) is 0.684. The van der Waals surface area contributed by atoms with E-state index in [-0.39, 0.29) is 0 Å². The fourth-order valence-corrected chi connectivity index (χ4v) is 7.28. The van der Waals surface area contributed by atoms with Crippen molar-refractivity contribution in [2.75, 3.05) is 13.1 Å². The number of imidazole rings is 2. The van der Waals surface area contributed by atoms with E-state index in [1.807, 2.05) is 48.5 Å². The Bertz CT molecular complexity index is 1420. The van der Waals surface area contributed by atoms with Crippen LogP contribution in [0.25, 0.3) is 11.1 Å². The van der Waals surface area contributed by atoms with Crippen molar-refractivity contribution in [3.63, 3.8) is 0 Å². The Hall–Kier alpha value is -3.38. The number of aromatic nitrogens is 4. The smallest absolute Gasteiger partial charge is 0.214 e. The van der Waals surface area contributed by atoms with Gasteiger partial charge in [0.25, 0.3) is 0 Å². The lowest BCUT2D eigenvalue weighted by molar-refractivity contribution is -0.262. The molecule has 0 aliphatic carbocycles. The number of nitrogens with zero attached hydrogens (tertiary/aromatic N) is 4. The number of hydroxylamine groups is 4. The topological polar surface area (TPSA) is 145 Å². The zero-order valence-corrected chi connectivity index (χ0v) is 19.2. The van der Waals surface area contributed by atoms with Crippen LogP contribution >= 0.6 is 0 Å². The number of hydrogen-bond acceptors (Lipinski definition) is 8. The van der Waals surface area contributed by atoms with E-state index in [9.17, 15) is 20.6 Å². The summed E-state index contributed by atoms with van der Waals surface area (Å²) in [5, 5.41) is 45.8. The Morgan fingerprint density at radius 3 is 1.42 bits per heavy atom. The minimum absolute atomic E-state index is 0.342. The first-order valence-corrected chi connectivity index (χ1v) is 12.1. The first-order valence-electron chi connectivity index (χ1n) is 12.1. The maximum Gasteiger partial charge on any atom is 0.214 e. The van der Waals surface area contributed by atoms with Crippen LogP contribution in [0.2, 0.25) is 0 Å².